The Kier molecular flexibility index (Phi) is 7.47. The van der Waals surface area contributed by atoms with Crippen molar-refractivity contribution in [1.29, 1.82) is 0 Å². The highest BCUT2D eigenvalue weighted by molar-refractivity contribution is 7.89. The number of rotatable bonds is 6. The lowest BCUT2D eigenvalue weighted by Crippen LogP contribution is -2.53. The highest BCUT2D eigenvalue weighted by Gasteiger charge is 2.33. The molecule has 1 fully saturated rings. The minimum atomic E-state index is -3.91. The second kappa shape index (κ2) is 10.4. The summed E-state index contributed by atoms with van der Waals surface area (Å²) >= 11 is 0. The number of piperazine rings is 1. The first-order valence-electron chi connectivity index (χ1n) is 12.1. The topological polar surface area (TPSA) is 69.7 Å². The number of benzene rings is 3. The number of carbonyl (C=O) groups is 1. The second-order valence-electron chi connectivity index (χ2n) is 9.61. The second-order valence-corrected chi connectivity index (χ2v) is 11.6. The molecule has 1 saturated heterocycles. The van der Waals surface area contributed by atoms with E-state index >= 15 is 0 Å². The molecule has 1 aliphatic heterocycles. The average molecular weight is 510 g/mol. The summed E-state index contributed by atoms with van der Waals surface area (Å²) in [6, 6.07) is 18.8. The van der Waals surface area contributed by atoms with Crippen LogP contribution in [0.4, 0.5) is 15.8 Å². The number of amides is 1. The Hall–Kier alpha value is -3.23. The first-order valence-corrected chi connectivity index (χ1v) is 13.5. The number of aryl methyl sites for hydroxylation is 1. The predicted octanol–water partition coefficient (Wildman–Crippen LogP) is 5.41. The number of nitrogens with zero attached hydrogens (tertiary/aromatic N) is 2. The molecule has 0 saturated carbocycles. The van der Waals surface area contributed by atoms with Crippen LogP contribution in [0.1, 0.15) is 48.2 Å². The smallest absolute Gasteiger partial charge is 0.258 e. The van der Waals surface area contributed by atoms with Gasteiger partial charge in [-0.3, -0.25) is 4.79 Å². The zero-order valence-electron chi connectivity index (χ0n) is 21.0. The maximum atomic E-state index is 14.6. The molecule has 3 aromatic rings. The van der Waals surface area contributed by atoms with Crippen LogP contribution in [0, 0.1) is 12.7 Å². The van der Waals surface area contributed by atoms with Crippen LogP contribution in [0.5, 0.6) is 0 Å². The first kappa shape index (κ1) is 25.9. The van der Waals surface area contributed by atoms with Gasteiger partial charge in [-0.05, 0) is 67.8 Å². The standard InChI is InChI=1S/C28H32FN3O3S/c1-19(2)22-7-9-23(10-8-22)30-28(33)26-17-25(13-14-27(26)29)36(34,35)31-15-16-32(21(4)18-31)24-11-5-20(3)6-12-24/h5-14,17,19,21H,15-16,18H2,1-4H3,(H,30,33)/t21-/m0/s1. The van der Waals surface area contributed by atoms with Crippen molar-refractivity contribution in [2.24, 2.45) is 0 Å². The van der Waals surface area contributed by atoms with Crippen LogP contribution in [-0.4, -0.2) is 44.3 Å². The van der Waals surface area contributed by atoms with E-state index in [4.69, 9.17) is 0 Å². The molecule has 0 spiro atoms. The van der Waals surface area contributed by atoms with Crippen LogP contribution < -0.4 is 10.2 Å². The zero-order valence-corrected chi connectivity index (χ0v) is 21.8. The Bertz CT molecular complexity index is 1340. The van der Waals surface area contributed by atoms with Crippen molar-refractivity contribution < 1.29 is 17.6 Å². The van der Waals surface area contributed by atoms with Gasteiger partial charge >= 0.3 is 0 Å². The van der Waals surface area contributed by atoms with Crippen molar-refractivity contribution in [1.82, 2.24) is 4.31 Å². The third-order valence-corrected chi connectivity index (χ3v) is 8.47. The fraction of sp³-hybridized carbons (Fsp3) is 0.321. The van der Waals surface area contributed by atoms with E-state index in [0.717, 1.165) is 28.9 Å². The molecule has 1 N–H and O–H groups in total. The van der Waals surface area contributed by atoms with Gasteiger partial charge in [0.2, 0.25) is 10.0 Å². The molecule has 4 rings (SSSR count). The van der Waals surface area contributed by atoms with Gasteiger partial charge in [-0.2, -0.15) is 4.31 Å². The Labute approximate surface area is 212 Å². The first-order chi connectivity index (χ1) is 17.1. The fourth-order valence-corrected chi connectivity index (χ4v) is 5.94. The molecule has 1 heterocycles. The molecule has 190 valence electrons. The van der Waals surface area contributed by atoms with E-state index in [9.17, 15) is 17.6 Å². The van der Waals surface area contributed by atoms with E-state index < -0.39 is 21.7 Å². The van der Waals surface area contributed by atoms with Gasteiger partial charge in [-0.25, -0.2) is 12.8 Å². The van der Waals surface area contributed by atoms with Crippen molar-refractivity contribution in [3.8, 4) is 0 Å². The summed E-state index contributed by atoms with van der Waals surface area (Å²) in [5, 5.41) is 2.66. The van der Waals surface area contributed by atoms with Crippen LogP contribution in [-0.2, 0) is 10.0 Å². The summed E-state index contributed by atoms with van der Waals surface area (Å²) in [4.78, 5) is 14.9. The summed E-state index contributed by atoms with van der Waals surface area (Å²) in [7, 11) is -3.91. The van der Waals surface area contributed by atoms with Crippen LogP contribution in [0.25, 0.3) is 0 Å². The van der Waals surface area contributed by atoms with Gasteiger partial charge in [0.15, 0.2) is 0 Å². The van der Waals surface area contributed by atoms with Gasteiger partial charge in [0.25, 0.3) is 5.91 Å². The summed E-state index contributed by atoms with van der Waals surface area (Å²) in [5.74, 6) is -1.13. The fourth-order valence-electron chi connectivity index (χ4n) is 4.40. The van der Waals surface area contributed by atoms with E-state index in [1.807, 2.05) is 50.2 Å². The molecule has 6 nitrogen and oxygen atoms in total. The van der Waals surface area contributed by atoms with Crippen LogP contribution in [0.2, 0.25) is 0 Å². The minimum absolute atomic E-state index is 0.0479. The normalized spacial score (nSPS) is 16.8. The van der Waals surface area contributed by atoms with Gasteiger partial charge in [-0.1, -0.05) is 43.7 Å². The largest absolute Gasteiger partial charge is 0.366 e. The minimum Gasteiger partial charge on any atom is -0.366 e. The molecule has 1 atom stereocenters. The Morgan fingerprint density at radius 2 is 1.67 bits per heavy atom. The van der Waals surface area contributed by atoms with Crippen molar-refractivity contribution >= 4 is 27.3 Å². The lowest BCUT2D eigenvalue weighted by molar-refractivity contribution is 0.102. The van der Waals surface area contributed by atoms with Gasteiger partial charge in [-0.15, -0.1) is 0 Å². The van der Waals surface area contributed by atoms with Crippen molar-refractivity contribution in [3.05, 3.63) is 89.2 Å². The van der Waals surface area contributed by atoms with Crippen molar-refractivity contribution in [2.75, 3.05) is 29.9 Å². The number of nitrogens with one attached hydrogen (secondary N) is 1. The Morgan fingerprint density at radius 1 is 1.00 bits per heavy atom. The number of carbonyl (C=O) groups excluding carboxylic acids is 1. The van der Waals surface area contributed by atoms with Gasteiger partial charge in [0.1, 0.15) is 5.82 Å². The number of sulfonamides is 1. The molecule has 3 aromatic carbocycles. The van der Waals surface area contributed by atoms with E-state index in [1.54, 1.807) is 12.1 Å². The van der Waals surface area contributed by atoms with E-state index in [2.05, 4.69) is 24.1 Å². The third kappa shape index (κ3) is 5.44. The molecular weight excluding hydrogens is 477 g/mol. The van der Waals surface area contributed by atoms with Gasteiger partial charge < -0.3 is 10.2 Å². The summed E-state index contributed by atoms with van der Waals surface area (Å²) in [6.07, 6.45) is 0. The number of anilines is 2. The average Bonchev–Trinajstić information content (AvgIpc) is 2.85. The highest BCUT2D eigenvalue weighted by Crippen LogP contribution is 2.26. The molecular formula is C28H32FN3O3S. The highest BCUT2D eigenvalue weighted by atomic mass is 32.2. The van der Waals surface area contributed by atoms with Crippen molar-refractivity contribution in [3.63, 3.8) is 0 Å². The molecule has 36 heavy (non-hydrogen) atoms. The molecule has 0 unspecified atom stereocenters. The summed E-state index contributed by atoms with van der Waals surface area (Å²) < 4.78 is 42.8. The lowest BCUT2D eigenvalue weighted by atomic mass is 10.0. The number of hydrogen-bond donors (Lipinski definition) is 1. The molecule has 8 heteroatoms. The predicted molar refractivity (Wildman–Crippen MR) is 142 cm³/mol. The molecule has 0 aromatic heterocycles. The van der Waals surface area contributed by atoms with Crippen LogP contribution in [0.15, 0.2) is 71.6 Å². The monoisotopic (exact) mass is 509 g/mol. The third-order valence-electron chi connectivity index (χ3n) is 6.61. The number of hydrogen-bond acceptors (Lipinski definition) is 4. The van der Waals surface area contributed by atoms with Crippen LogP contribution in [0.3, 0.4) is 0 Å². The zero-order chi connectivity index (χ0) is 26.0. The Morgan fingerprint density at radius 3 is 2.28 bits per heavy atom. The molecule has 0 radical (unpaired) electrons. The van der Waals surface area contributed by atoms with Gasteiger partial charge in [0, 0.05) is 37.1 Å². The maximum Gasteiger partial charge on any atom is 0.258 e. The quantitative estimate of drug-likeness (QED) is 0.483. The Balaban J connectivity index is 1.51. The summed E-state index contributed by atoms with van der Waals surface area (Å²) in [6.45, 7) is 9.26. The van der Waals surface area contributed by atoms with E-state index in [0.29, 0.717) is 24.7 Å². The summed E-state index contributed by atoms with van der Waals surface area (Å²) in [5.41, 5.74) is 3.53. The maximum absolute atomic E-state index is 14.6. The van der Waals surface area contributed by atoms with Crippen LogP contribution >= 0.6 is 0 Å². The number of halogens is 1. The van der Waals surface area contributed by atoms with E-state index in [1.165, 1.54) is 10.4 Å². The SMILES string of the molecule is Cc1ccc(N2CCN(S(=O)(=O)c3ccc(F)c(C(=O)Nc4ccc(C(C)C)cc4)c3)C[C@@H]2C)cc1. The lowest BCUT2D eigenvalue weighted by Gasteiger charge is -2.40. The van der Waals surface area contributed by atoms with Crippen molar-refractivity contribution in [2.45, 2.75) is 44.6 Å². The van der Waals surface area contributed by atoms with E-state index in [-0.39, 0.29) is 23.0 Å². The van der Waals surface area contributed by atoms with Gasteiger partial charge in [0.05, 0.1) is 10.5 Å². The molecule has 0 aliphatic carbocycles. The molecule has 0 bridgehead atoms. The molecule has 1 amide bonds. The molecule has 1 aliphatic rings.